The minimum absolute atomic E-state index is 0.0544. The molecule has 4 rings (SSSR count). The van der Waals surface area contributed by atoms with Gasteiger partial charge < -0.3 is 0 Å². The van der Waals surface area contributed by atoms with E-state index in [4.69, 9.17) is 0 Å². The first-order chi connectivity index (χ1) is 10.7. The molecule has 0 radical (unpaired) electrons. The number of carbonyl (C=O) groups is 1. The molecule has 22 heavy (non-hydrogen) atoms. The number of nitrogens with zero attached hydrogens (tertiary/aromatic N) is 3. The van der Waals surface area contributed by atoms with E-state index in [0.717, 1.165) is 5.56 Å². The van der Waals surface area contributed by atoms with E-state index in [2.05, 4.69) is 4.98 Å². The predicted octanol–water partition coefficient (Wildman–Crippen LogP) is 1.94. The zero-order chi connectivity index (χ0) is 15.1. The highest BCUT2D eigenvalue weighted by Crippen LogP contribution is 2.22. The average Bonchev–Trinajstić information content (AvgIpc) is 2.86. The highest BCUT2D eigenvalue weighted by molar-refractivity contribution is 5.96. The summed E-state index contributed by atoms with van der Waals surface area (Å²) in [6.07, 6.45) is 0. The van der Waals surface area contributed by atoms with Gasteiger partial charge in [-0.05, 0) is 17.7 Å². The molecule has 0 N–H and O–H groups in total. The number of benzene rings is 2. The van der Waals surface area contributed by atoms with Crippen LogP contribution in [0.4, 0.5) is 5.95 Å². The summed E-state index contributed by atoms with van der Waals surface area (Å²) in [5, 5.41) is 0.542. The maximum Gasteiger partial charge on any atom is 0.263 e. The molecule has 5 heteroatoms. The SMILES string of the molecule is O=C1Cn2c(nc3ccccc3c2=O)N1Cc1ccccc1. The second-order valence-electron chi connectivity index (χ2n) is 5.29. The molecular formula is C17H13N3O2. The quantitative estimate of drug-likeness (QED) is 0.725. The maximum absolute atomic E-state index is 12.5. The van der Waals surface area contributed by atoms with Gasteiger partial charge in [-0.25, -0.2) is 4.98 Å². The molecule has 0 saturated carbocycles. The molecule has 0 atom stereocenters. The van der Waals surface area contributed by atoms with Gasteiger partial charge in [0.2, 0.25) is 11.9 Å². The number of fused-ring (bicyclic) bond motifs is 2. The third kappa shape index (κ3) is 1.90. The number of rotatable bonds is 2. The van der Waals surface area contributed by atoms with Crippen molar-refractivity contribution in [1.82, 2.24) is 9.55 Å². The summed E-state index contributed by atoms with van der Waals surface area (Å²) in [5.74, 6) is 0.321. The summed E-state index contributed by atoms with van der Waals surface area (Å²) < 4.78 is 1.45. The molecule has 1 aliphatic heterocycles. The van der Waals surface area contributed by atoms with Crippen LogP contribution in [0.25, 0.3) is 10.9 Å². The fraction of sp³-hybridized carbons (Fsp3) is 0.118. The van der Waals surface area contributed by atoms with Crippen LogP contribution in [0.1, 0.15) is 5.56 Å². The number of hydrogen-bond acceptors (Lipinski definition) is 3. The Kier molecular flexibility index (Phi) is 2.79. The molecule has 5 nitrogen and oxygen atoms in total. The first kappa shape index (κ1) is 12.8. The van der Waals surface area contributed by atoms with Gasteiger partial charge in [0.25, 0.3) is 5.56 Å². The van der Waals surface area contributed by atoms with Crippen molar-refractivity contribution in [1.29, 1.82) is 0 Å². The molecule has 3 aromatic rings. The number of anilines is 1. The van der Waals surface area contributed by atoms with Crippen LogP contribution in [-0.2, 0) is 17.9 Å². The lowest BCUT2D eigenvalue weighted by molar-refractivity contribution is -0.118. The van der Waals surface area contributed by atoms with Crippen LogP contribution in [0.2, 0.25) is 0 Å². The molecule has 0 saturated heterocycles. The third-order valence-corrected chi connectivity index (χ3v) is 3.86. The Morgan fingerprint density at radius 2 is 1.68 bits per heavy atom. The van der Waals surface area contributed by atoms with E-state index in [1.165, 1.54) is 4.57 Å². The normalized spacial score (nSPS) is 13.6. The second kappa shape index (κ2) is 4.80. The molecule has 0 spiro atoms. The minimum atomic E-state index is -0.162. The lowest BCUT2D eigenvalue weighted by Gasteiger charge is -2.15. The van der Waals surface area contributed by atoms with Crippen LogP contribution in [0.15, 0.2) is 59.4 Å². The Balaban J connectivity index is 1.85. The molecule has 0 bridgehead atoms. The van der Waals surface area contributed by atoms with Gasteiger partial charge in [-0.3, -0.25) is 19.1 Å². The topological polar surface area (TPSA) is 55.2 Å². The van der Waals surface area contributed by atoms with E-state index in [1.807, 2.05) is 36.4 Å². The van der Waals surface area contributed by atoms with E-state index < -0.39 is 0 Å². The average molecular weight is 291 g/mol. The summed E-state index contributed by atoms with van der Waals surface area (Å²) in [6.45, 7) is 0.475. The molecule has 2 aromatic carbocycles. The Hall–Kier alpha value is -2.95. The van der Waals surface area contributed by atoms with E-state index in [0.29, 0.717) is 23.4 Å². The molecule has 0 unspecified atom stereocenters. The number of aromatic nitrogens is 2. The summed E-state index contributed by atoms with van der Waals surface area (Å²) >= 11 is 0. The molecule has 1 amide bonds. The Labute approximate surface area is 126 Å². The van der Waals surface area contributed by atoms with Crippen LogP contribution in [-0.4, -0.2) is 15.5 Å². The largest absolute Gasteiger partial charge is 0.276 e. The van der Waals surface area contributed by atoms with E-state index in [9.17, 15) is 9.59 Å². The maximum atomic E-state index is 12.5. The number of amides is 1. The fourth-order valence-electron chi connectivity index (χ4n) is 2.76. The van der Waals surface area contributed by atoms with Crippen molar-refractivity contribution in [2.45, 2.75) is 13.1 Å². The van der Waals surface area contributed by atoms with Crippen molar-refractivity contribution in [3.05, 3.63) is 70.5 Å². The van der Waals surface area contributed by atoms with Crippen molar-refractivity contribution in [3.8, 4) is 0 Å². The van der Waals surface area contributed by atoms with Gasteiger partial charge in [-0.15, -0.1) is 0 Å². The summed E-state index contributed by atoms with van der Waals surface area (Å²) in [7, 11) is 0. The van der Waals surface area contributed by atoms with Crippen molar-refractivity contribution in [3.63, 3.8) is 0 Å². The molecule has 0 aliphatic carbocycles. The number of para-hydroxylation sites is 1. The monoisotopic (exact) mass is 291 g/mol. The van der Waals surface area contributed by atoms with Crippen LogP contribution in [0.5, 0.6) is 0 Å². The molecule has 108 valence electrons. The number of carbonyl (C=O) groups excluding carboxylic acids is 1. The van der Waals surface area contributed by atoms with Gasteiger partial charge in [0.05, 0.1) is 17.4 Å². The van der Waals surface area contributed by atoms with Crippen LogP contribution in [0, 0.1) is 0 Å². The van der Waals surface area contributed by atoms with E-state index in [-0.39, 0.29) is 18.0 Å². The third-order valence-electron chi connectivity index (χ3n) is 3.86. The first-order valence-electron chi connectivity index (χ1n) is 7.08. The highest BCUT2D eigenvalue weighted by Gasteiger charge is 2.30. The zero-order valence-electron chi connectivity index (χ0n) is 11.8. The van der Waals surface area contributed by atoms with E-state index >= 15 is 0 Å². The lowest BCUT2D eigenvalue weighted by atomic mass is 10.2. The Bertz CT molecular complexity index is 932. The smallest absolute Gasteiger partial charge is 0.263 e. The van der Waals surface area contributed by atoms with Gasteiger partial charge in [-0.1, -0.05) is 42.5 Å². The molecule has 1 aliphatic rings. The molecule has 2 heterocycles. The van der Waals surface area contributed by atoms with Crippen molar-refractivity contribution in [2.24, 2.45) is 0 Å². The Morgan fingerprint density at radius 3 is 2.50 bits per heavy atom. The molecular weight excluding hydrogens is 278 g/mol. The predicted molar refractivity (Wildman–Crippen MR) is 83.6 cm³/mol. The summed E-state index contributed by atoms with van der Waals surface area (Å²) in [5.41, 5.74) is 1.46. The van der Waals surface area contributed by atoms with Gasteiger partial charge >= 0.3 is 0 Å². The Morgan fingerprint density at radius 1 is 0.955 bits per heavy atom. The van der Waals surface area contributed by atoms with Gasteiger partial charge in [0.1, 0.15) is 6.54 Å². The van der Waals surface area contributed by atoms with Gasteiger partial charge in [0.15, 0.2) is 0 Å². The fourth-order valence-corrected chi connectivity index (χ4v) is 2.76. The van der Waals surface area contributed by atoms with Crippen LogP contribution < -0.4 is 10.5 Å². The summed E-state index contributed by atoms with van der Waals surface area (Å²) in [4.78, 5) is 30.9. The van der Waals surface area contributed by atoms with Crippen LogP contribution in [0.3, 0.4) is 0 Å². The molecule has 1 aromatic heterocycles. The zero-order valence-corrected chi connectivity index (χ0v) is 11.8. The van der Waals surface area contributed by atoms with Crippen molar-refractivity contribution >= 4 is 22.8 Å². The van der Waals surface area contributed by atoms with Crippen molar-refractivity contribution in [2.75, 3.05) is 4.90 Å². The second-order valence-corrected chi connectivity index (χ2v) is 5.29. The van der Waals surface area contributed by atoms with E-state index in [1.54, 1.807) is 23.1 Å². The number of hydrogen-bond donors (Lipinski definition) is 0. The van der Waals surface area contributed by atoms with Gasteiger partial charge in [-0.2, -0.15) is 0 Å². The van der Waals surface area contributed by atoms with Crippen LogP contribution >= 0.6 is 0 Å². The summed E-state index contributed by atoms with van der Waals surface area (Å²) in [6, 6.07) is 16.9. The standard InChI is InChI=1S/C17H13N3O2/c21-15-11-20-16(22)13-8-4-5-9-14(13)18-17(20)19(15)10-12-6-2-1-3-7-12/h1-9H,10-11H2. The lowest BCUT2D eigenvalue weighted by Crippen LogP contribution is -2.26. The minimum Gasteiger partial charge on any atom is -0.276 e. The van der Waals surface area contributed by atoms with Crippen molar-refractivity contribution < 1.29 is 4.79 Å². The highest BCUT2D eigenvalue weighted by atomic mass is 16.2. The van der Waals surface area contributed by atoms with Gasteiger partial charge in [0, 0.05) is 0 Å². The molecule has 0 fully saturated rings. The first-order valence-corrected chi connectivity index (χ1v) is 7.08.